The third kappa shape index (κ3) is 4.45. The van der Waals surface area contributed by atoms with Gasteiger partial charge in [-0.05, 0) is 50.1 Å². The largest absolute Gasteiger partial charge is 0.416 e. The van der Waals surface area contributed by atoms with Gasteiger partial charge in [-0.25, -0.2) is 9.28 Å². The highest BCUT2D eigenvalue weighted by Gasteiger charge is 2.56. The molecule has 1 saturated heterocycles. The summed E-state index contributed by atoms with van der Waals surface area (Å²) in [4.78, 5) is 12.6. The van der Waals surface area contributed by atoms with E-state index in [1.165, 1.54) is 12.1 Å². The van der Waals surface area contributed by atoms with Gasteiger partial charge >= 0.3 is 12.2 Å². The lowest BCUT2D eigenvalue weighted by Gasteiger charge is -2.46. The first kappa shape index (κ1) is 23.6. The average molecular weight is 456 g/mol. The van der Waals surface area contributed by atoms with Crippen LogP contribution in [0.3, 0.4) is 0 Å². The molecule has 0 aromatic heterocycles. The normalized spacial score (nSPS) is 23.0. The minimum atomic E-state index is -4.56. The molecule has 0 radical (unpaired) electrons. The van der Waals surface area contributed by atoms with Gasteiger partial charge in [-0.1, -0.05) is 41.9 Å². The van der Waals surface area contributed by atoms with Crippen LogP contribution in [-0.2, 0) is 10.9 Å². The summed E-state index contributed by atoms with van der Waals surface area (Å²) in [6, 6.07) is 11.3. The van der Waals surface area contributed by atoms with E-state index in [1.807, 2.05) is 20.8 Å². The number of nitrogens with zero attached hydrogens (tertiary/aromatic N) is 1. The standard InChI is InChI=1S/C23H26ClF3N2O2/c1-22(2,3)29(21(28)30)14-6-9-19(29)31-20(15-10-12-16(24)13-11-15)17-7-4-5-8-18(17)23(25,26)27/h4-5,7-8,10-13,19-20H,6,9,14H2,1-3H3,(H-,28,30)/p+1/t19?,20-,29?/m1/s1. The Hall–Kier alpha value is -2.09. The predicted molar refractivity (Wildman–Crippen MR) is 113 cm³/mol. The summed E-state index contributed by atoms with van der Waals surface area (Å²) in [5.74, 6) is 0. The van der Waals surface area contributed by atoms with Crippen LogP contribution in [0.1, 0.15) is 56.4 Å². The Balaban J connectivity index is 2.13. The number of hydrogen-bond donors (Lipinski definition) is 1. The van der Waals surface area contributed by atoms with Gasteiger partial charge in [0.15, 0.2) is 0 Å². The summed E-state index contributed by atoms with van der Waals surface area (Å²) in [6.07, 6.45) is -5.09. The molecule has 1 heterocycles. The minimum Gasteiger partial charge on any atom is -0.319 e. The van der Waals surface area contributed by atoms with Crippen molar-refractivity contribution in [3.8, 4) is 0 Å². The Morgan fingerprint density at radius 2 is 1.74 bits per heavy atom. The lowest BCUT2D eigenvalue weighted by Crippen LogP contribution is -2.68. The molecule has 1 aliphatic heterocycles. The van der Waals surface area contributed by atoms with Crippen LogP contribution in [-0.4, -0.2) is 28.8 Å². The number of likely N-dealkylation sites (tertiary alicyclic amines) is 1. The quantitative estimate of drug-likeness (QED) is 0.551. The molecular weight excluding hydrogens is 429 g/mol. The monoisotopic (exact) mass is 455 g/mol. The number of ether oxygens (including phenoxy) is 1. The maximum absolute atomic E-state index is 13.8. The van der Waals surface area contributed by atoms with Gasteiger partial charge in [0.25, 0.3) is 0 Å². The van der Waals surface area contributed by atoms with Crippen LogP contribution in [0.25, 0.3) is 0 Å². The summed E-state index contributed by atoms with van der Waals surface area (Å²) in [7, 11) is 0. The van der Waals surface area contributed by atoms with Crippen LogP contribution in [0, 0.1) is 0 Å². The third-order valence-corrected chi connectivity index (χ3v) is 6.31. The van der Waals surface area contributed by atoms with Gasteiger partial charge in [0.05, 0.1) is 12.1 Å². The van der Waals surface area contributed by atoms with Gasteiger partial charge < -0.3 is 10.5 Å². The molecule has 1 aliphatic rings. The van der Waals surface area contributed by atoms with E-state index in [4.69, 9.17) is 22.1 Å². The Kier molecular flexibility index (Phi) is 6.42. The lowest BCUT2D eigenvalue weighted by atomic mass is 9.96. The minimum absolute atomic E-state index is 0.0132. The van der Waals surface area contributed by atoms with Crippen LogP contribution in [0.4, 0.5) is 18.0 Å². The van der Waals surface area contributed by atoms with Gasteiger partial charge in [-0.3, -0.25) is 0 Å². The van der Waals surface area contributed by atoms with Crippen molar-refractivity contribution in [3.05, 3.63) is 70.2 Å². The molecule has 0 saturated carbocycles. The molecule has 0 bridgehead atoms. The lowest BCUT2D eigenvalue weighted by molar-refractivity contribution is -0.929. The molecule has 3 atom stereocenters. The van der Waals surface area contributed by atoms with E-state index in [0.29, 0.717) is 30.0 Å². The van der Waals surface area contributed by atoms with E-state index in [0.717, 1.165) is 6.07 Å². The number of hydrogen-bond acceptors (Lipinski definition) is 2. The smallest absolute Gasteiger partial charge is 0.319 e. The molecule has 8 heteroatoms. The van der Waals surface area contributed by atoms with Gasteiger partial charge in [-0.2, -0.15) is 13.2 Å². The SMILES string of the molecule is CC(C)(C)[N+]1(C(N)=O)CCCC1O[C@H](c1ccc(Cl)cc1)c1ccccc1C(F)(F)F. The highest BCUT2D eigenvalue weighted by atomic mass is 35.5. The van der Waals surface area contributed by atoms with Crippen LogP contribution in [0.15, 0.2) is 48.5 Å². The van der Waals surface area contributed by atoms with Crippen molar-refractivity contribution in [3.63, 3.8) is 0 Å². The van der Waals surface area contributed by atoms with Gasteiger partial charge in [0, 0.05) is 17.9 Å². The van der Waals surface area contributed by atoms with Crippen molar-refractivity contribution in [2.24, 2.45) is 5.73 Å². The number of amides is 2. The highest BCUT2D eigenvalue weighted by molar-refractivity contribution is 6.30. The first-order valence-electron chi connectivity index (χ1n) is 10.1. The number of carbonyl (C=O) groups is 1. The first-order valence-corrected chi connectivity index (χ1v) is 10.5. The van der Waals surface area contributed by atoms with Crippen molar-refractivity contribution in [2.45, 2.75) is 57.7 Å². The van der Waals surface area contributed by atoms with E-state index in [2.05, 4.69) is 0 Å². The van der Waals surface area contributed by atoms with Crippen molar-refractivity contribution in [1.29, 1.82) is 0 Å². The molecule has 2 amide bonds. The topological polar surface area (TPSA) is 52.3 Å². The summed E-state index contributed by atoms with van der Waals surface area (Å²) in [6.45, 7) is 6.14. The average Bonchev–Trinajstić information content (AvgIpc) is 3.11. The first-order chi connectivity index (χ1) is 14.4. The van der Waals surface area contributed by atoms with Crippen molar-refractivity contribution >= 4 is 17.6 Å². The molecule has 3 rings (SSSR count). The molecule has 0 spiro atoms. The van der Waals surface area contributed by atoms with Gasteiger partial charge in [0.2, 0.25) is 6.23 Å². The highest BCUT2D eigenvalue weighted by Crippen LogP contribution is 2.43. The molecule has 0 aliphatic carbocycles. The number of primary amides is 1. The van der Waals surface area contributed by atoms with E-state index in [-0.39, 0.29) is 10.0 Å². The number of benzene rings is 2. The molecular formula is C23H27ClF3N2O2+. The number of rotatable bonds is 4. The van der Waals surface area contributed by atoms with Crippen LogP contribution >= 0.6 is 11.6 Å². The molecule has 168 valence electrons. The number of nitrogens with two attached hydrogens (primary N) is 1. The summed E-state index contributed by atoms with van der Waals surface area (Å²) in [5, 5.41) is 0.462. The Bertz CT molecular complexity index is 941. The number of quaternary nitrogens is 1. The molecule has 1 fully saturated rings. The fourth-order valence-corrected chi connectivity index (χ4v) is 4.64. The van der Waals surface area contributed by atoms with E-state index in [1.54, 1.807) is 30.3 Å². The predicted octanol–water partition coefficient (Wildman–Crippen LogP) is 6.28. The van der Waals surface area contributed by atoms with Crippen molar-refractivity contribution < 1.29 is 27.2 Å². The number of halogens is 4. The Morgan fingerprint density at radius 3 is 2.29 bits per heavy atom. The van der Waals surface area contributed by atoms with Crippen LogP contribution < -0.4 is 5.73 Å². The molecule has 31 heavy (non-hydrogen) atoms. The second kappa shape index (κ2) is 8.45. The number of alkyl halides is 3. The molecule has 2 aromatic carbocycles. The van der Waals surface area contributed by atoms with Crippen molar-refractivity contribution in [1.82, 2.24) is 0 Å². The third-order valence-electron chi connectivity index (χ3n) is 6.06. The van der Waals surface area contributed by atoms with Gasteiger partial charge in [-0.15, -0.1) is 0 Å². The fourth-order valence-electron chi connectivity index (χ4n) is 4.51. The van der Waals surface area contributed by atoms with E-state index in [9.17, 15) is 18.0 Å². The second-order valence-corrected chi connectivity index (χ2v) is 9.29. The Labute approximate surface area is 185 Å². The number of urea groups is 1. The summed E-state index contributed by atoms with van der Waals surface area (Å²) >= 11 is 6.00. The maximum atomic E-state index is 13.8. The summed E-state index contributed by atoms with van der Waals surface area (Å²) < 4.78 is 47.7. The molecule has 2 aromatic rings. The molecule has 2 N–H and O–H groups in total. The van der Waals surface area contributed by atoms with E-state index >= 15 is 0 Å². The second-order valence-electron chi connectivity index (χ2n) is 8.85. The maximum Gasteiger partial charge on any atom is 0.416 e. The molecule has 2 unspecified atom stereocenters. The fraction of sp³-hybridized carbons (Fsp3) is 0.435. The zero-order valence-corrected chi connectivity index (χ0v) is 18.5. The van der Waals surface area contributed by atoms with Crippen molar-refractivity contribution in [2.75, 3.05) is 6.54 Å². The zero-order valence-electron chi connectivity index (χ0n) is 17.7. The summed E-state index contributed by atoms with van der Waals surface area (Å²) in [5.41, 5.74) is 4.98. The molecule has 4 nitrogen and oxygen atoms in total. The van der Waals surface area contributed by atoms with Crippen LogP contribution in [0.5, 0.6) is 0 Å². The van der Waals surface area contributed by atoms with Crippen LogP contribution in [0.2, 0.25) is 5.02 Å². The zero-order chi connectivity index (χ0) is 23.0. The van der Waals surface area contributed by atoms with E-state index < -0.39 is 35.6 Å². The number of carbonyl (C=O) groups excluding carboxylic acids is 1. The van der Waals surface area contributed by atoms with Gasteiger partial charge in [0.1, 0.15) is 11.6 Å². The Morgan fingerprint density at radius 1 is 1.13 bits per heavy atom.